The van der Waals surface area contributed by atoms with Gasteiger partial charge in [0.2, 0.25) is 16.0 Å². The first-order chi connectivity index (χ1) is 19.5. The Morgan fingerprint density at radius 2 is 1.85 bits per heavy atom. The first-order valence-electron chi connectivity index (χ1n) is 13.2. The average Bonchev–Trinajstić information content (AvgIpc) is 3.60. The number of carbonyl (C=O) groups excluding carboxylic acids is 1. The minimum atomic E-state index is -3.57. The summed E-state index contributed by atoms with van der Waals surface area (Å²) in [6, 6.07) is 12.8. The zero-order chi connectivity index (χ0) is 29.1. The largest absolute Gasteiger partial charge is 0.359 e. The van der Waals surface area contributed by atoms with Crippen molar-refractivity contribution < 1.29 is 13.2 Å². The summed E-state index contributed by atoms with van der Waals surface area (Å²) in [5, 5.41) is 7.90. The van der Waals surface area contributed by atoms with Crippen LogP contribution in [0.2, 0.25) is 0 Å². The van der Waals surface area contributed by atoms with Crippen LogP contribution in [0.3, 0.4) is 0 Å². The Bertz CT molecular complexity index is 1920. The number of sulfonamides is 1. The highest BCUT2D eigenvalue weighted by Crippen LogP contribution is 2.39. The van der Waals surface area contributed by atoms with E-state index in [0.717, 1.165) is 33.4 Å². The Morgan fingerprint density at radius 1 is 1.07 bits per heavy atom. The van der Waals surface area contributed by atoms with Gasteiger partial charge in [0.05, 0.1) is 34.4 Å². The van der Waals surface area contributed by atoms with Gasteiger partial charge >= 0.3 is 0 Å². The fourth-order valence-corrected chi connectivity index (χ4v) is 5.70. The number of para-hydroxylation sites is 1. The van der Waals surface area contributed by atoms with Crippen LogP contribution in [0, 0.1) is 13.8 Å². The number of nitrogens with one attached hydrogen (secondary N) is 3. The van der Waals surface area contributed by atoms with Gasteiger partial charge in [-0.05, 0) is 51.5 Å². The van der Waals surface area contributed by atoms with Crippen molar-refractivity contribution >= 4 is 50.0 Å². The number of hydrogen-bond acceptors (Lipinski definition) is 7. The summed E-state index contributed by atoms with van der Waals surface area (Å²) in [7, 11) is -1.70. The van der Waals surface area contributed by atoms with E-state index in [1.165, 1.54) is 0 Å². The molecule has 0 aliphatic carbocycles. The number of aromatic nitrogens is 5. The van der Waals surface area contributed by atoms with E-state index >= 15 is 0 Å². The monoisotopic (exact) mass is 570 g/mol. The summed E-state index contributed by atoms with van der Waals surface area (Å²) in [6.07, 6.45) is 3.65. The number of aromatic amines is 1. The number of amides is 1. The number of carbonyl (C=O) groups is 1. The molecule has 0 fully saturated rings. The van der Waals surface area contributed by atoms with Crippen LogP contribution in [0.25, 0.3) is 22.2 Å². The second-order valence-corrected chi connectivity index (χ2v) is 12.7. The maximum atomic E-state index is 13.6. The van der Waals surface area contributed by atoms with E-state index in [1.807, 2.05) is 51.4 Å². The van der Waals surface area contributed by atoms with Crippen LogP contribution in [-0.2, 0) is 23.6 Å². The molecule has 4 heterocycles. The third-order valence-corrected chi connectivity index (χ3v) is 9.15. The van der Waals surface area contributed by atoms with Gasteiger partial charge in [-0.3, -0.25) is 14.2 Å². The highest BCUT2D eigenvalue weighted by molar-refractivity contribution is 7.93. The molecule has 3 aromatic heterocycles. The first kappa shape index (κ1) is 26.5. The molecule has 0 saturated heterocycles. The highest BCUT2D eigenvalue weighted by atomic mass is 32.2. The van der Waals surface area contributed by atoms with Crippen LogP contribution in [0.1, 0.15) is 41.0 Å². The molecule has 12 heteroatoms. The number of nitrogens with zero attached hydrogens (tertiary/aromatic N) is 5. The van der Waals surface area contributed by atoms with Gasteiger partial charge in [-0.15, -0.1) is 0 Å². The van der Waals surface area contributed by atoms with Crippen LogP contribution < -0.4 is 14.9 Å². The zero-order valence-electron chi connectivity index (χ0n) is 23.3. The van der Waals surface area contributed by atoms with Gasteiger partial charge in [-0.25, -0.2) is 18.4 Å². The van der Waals surface area contributed by atoms with Crippen LogP contribution in [-0.4, -0.2) is 44.3 Å². The Hall–Kier alpha value is -4.71. The molecule has 3 N–H and O–H groups in total. The molecule has 0 atom stereocenters. The van der Waals surface area contributed by atoms with Gasteiger partial charge in [-0.1, -0.05) is 18.2 Å². The fourth-order valence-electron chi connectivity index (χ4n) is 4.96. The average molecular weight is 571 g/mol. The molecule has 0 radical (unpaired) electrons. The van der Waals surface area contributed by atoms with Gasteiger partial charge in [-0.2, -0.15) is 5.10 Å². The number of rotatable bonds is 7. The van der Waals surface area contributed by atoms with Crippen molar-refractivity contribution in [3.8, 4) is 11.3 Å². The lowest BCUT2D eigenvalue weighted by Gasteiger charge is -2.17. The first-order valence-corrected chi connectivity index (χ1v) is 14.8. The molecule has 0 bridgehead atoms. The lowest BCUT2D eigenvalue weighted by molar-refractivity contribution is 0.0997. The van der Waals surface area contributed by atoms with E-state index in [4.69, 9.17) is 4.98 Å². The molecule has 1 aliphatic heterocycles. The van der Waals surface area contributed by atoms with Gasteiger partial charge in [0.1, 0.15) is 0 Å². The molecular formula is C29H30N8O3S. The van der Waals surface area contributed by atoms with Crippen molar-refractivity contribution in [2.45, 2.75) is 39.5 Å². The number of hydrogen-bond donors (Lipinski definition) is 3. The predicted molar refractivity (Wildman–Crippen MR) is 160 cm³/mol. The summed E-state index contributed by atoms with van der Waals surface area (Å²) in [4.78, 5) is 27.8. The minimum absolute atomic E-state index is 0.190. The third-order valence-electron chi connectivity index (χ3n) is 7.41. The standard InChI is InChI=1S/C29H30N8O3S/c1-16(2)41(39,40)35-23-10-6-9-20-22(23)15-37(28(20)38)24-11-7-8-19-21(14-30-27(19)24)26-17(3)13-31-29(33-26)32-25-12-18(4)36(5)34-25/h6-14,16,30,35H,15H2,1-5H3,(H,31,32,33,34). The molecule has 0 unspecified atom stereocenters. The van der Waals surface area contributed by atoms with E-state index in [-0.39, 0.29) is 12.5 Å². The van der Waals surface area contributed by atoms with Crippen LogP contribution in [0.15, 0.2) is 54.9 Å². The zero-order valence-corrected chi connectivity index (χ0v) is 24.2. The SMILES string of the molecule is Cc1cnc(Nc2cc(C)n(C)n2)nc1-c1c[nH]c2c(N3Cc4c(NS(=O)(=O)C(C)C)cccc4C3=O)cccc12. The lowest BCUT2D eigenvalue weighted by Crippen LogP contribution is -2.24. The molecule has 0 spiro atoms. The number of benzene rings is 2. The Kier molecular flexibility index (Phi) is 6.29. The van der Waals surface area contributed by atoms with E-state index in [9.17, 15) is 13.2 Å². The van der Waals surface area contributed by atoms with Gasteiger partial charge in [0, 0.05) is 53.3 Å². The molecule has 0 saturated carbocycles. The van der Waals surface area contributed by atoms with Crippen molar-refractivity contribution in [3.05, 3.63) is 77.2 Å². The Balaban J connectivity index is 1.36. The maximum absolute atomic E-state index is 13.6. The maximum Gasteiger partial charge on any atom is 0.259 e. The quantitative estimate of drug-likeness (QED) is 0.250. The van der Waals surface area contributed by atoms with Crippen molar-refractivity contribution in [2.24, 2.45) is 7.05 Å². The molecule has 210 valence electrons. The molecular weight excluding hydrogens is 540 g/mol. The van der Waals surface area contributed by atoms with E-state index < -0.39 is 15.3 Å². The molecule has 6 rings (SSSR count). The highest BCUT2D eigenvalue weighted by Gasteiger charge is 2.33. The topological polar surface area (TPSA) is 138 Å². The molecule has 41 heavy (non-hydrogen) atoms. The van der Waals surface area contributed by atoms with E-state index in [2.05, 4.69) is 25.1 Å². The number of H-pyrrole nitrogens is 1. The van der Waals surface area contributed by atoms with Crippen molar-refractivity contribution in [2.75, 3.05) is 14.9 Å². The third kappa shape index (κ3) is 4.59. The number of aryl methyl sites for hydroxylation is 3. The summed E-state index contributed by atoms with van der Waals surface area (Å²) in [5.74, 6) is 0.892. The summed E-state index contributed by atoms with van der Waals surface area (Å²) in [5.41, 5.74) is 6.55. The van der Waals surface area contributed by atoms with Crippen LogP contribution in [0.4, 0.5) is 23.1 Å². The smallest absolute Gasteiger partial charge is 0.259 e. The van der Waals surface area contributed by atoms with Crippen LogP contribution >= 0.6 is 0 Å². The van der Waals surface area contributed by atoms with Crippen molar-refractivity contribution in [1.82, 2.24) is 24.7 Å². The summed E-state index contributed by atoms with van der Waals surface area (Å²) in [6.45, 7) is 7.39. The second-order valence-electron chi connectivity index (χ2n) is 10.5. The Labute approximate surface area is 237 Å². The lowest BCUT2D eigenvalue weighted by atomic mass is 10.1. The van der Waals surface area contributed by atoms with Crippen molar-refractivity contribution in [3.63, 3.8) is 0 Å². The molecule has 1 aliphatic rings. The second kappa shape index (κ2) is 9.73. The van der Waals surface area contributed by atoms with E-state index in [0.29, 0.717) is 34.3 Å². The fraction of sp³-hybridized carbons (Fsp3) is 0.241. The molecule has 1 amide bonds. The predicted octanol–water partition coefficient (Wildman–Crippen LogP) is 5.03. The molecule has 11 nitrogen and oxygen atoms in total. The number of anilines is 4. The summed E-state index contributed by atoms with van der Waals surface area (Å²) >= 11 is 0. The van der Waals surface area contributed by atoms with Crippen LogP contribution in [0.5, 0.6) is 0 Å². The normalized spacial score (nSPS) is 13.3. The molecule has 2 aromatic carbocycles. The van der Waals surface area contributed by atoms with E-state index in [1.54, 1.807) is 47.8 Å². The van der Waals surface area contributed by atoms with Gasteiger partial charge in [0.15, 0.2) is 5.82 Å². The van der Waals surface area contributed by atoms with Gasteiger partial charge in [0.25, 0.3) is 5.91 Å². The Morgan fingerprint density at radius 3 is 2.59 bits per heavy atom. The summed E-state index contributed by atoms with van der Waals surface area (Å²) < 4.78 is 29.6. The van der Waals surface area contributed by atoms with Gasteiger partial charge < -0.3 is 15.2 Å². The molecule has 5 aromatic rings. The number of fused-ring (bicyclic) bond motifs is 2. The van der Waals surface area contributed by atoms with Crippen molar-refractivity contribution in [1.29, 1.82) is 0 Å². The minimum Gasteiger partial charge on any atom is -0.359 e.